The first-order valence-electron chi connectivity index (χ1n) is 7.56. The summed E-state index contributed by atoms with van der Waals surface area (Å²) in [7, 11) is -3.86. The summed E-state index contributed by atoms with van der Waals surface area (Å²) in [5, 5.41) is 5.18. The van der Waals surface area contributed by atoms with E-state index in [1.54, 1.807) is 11.0 Å². The Balaban J connectivity index is 1.97. The zero-order chi connectivity index (χ0) is 17.3. The predicted octanol–water partition coefficient (Wildman–Crippen LogP) is 3.07. The lowest BCUT2D eigenvalue weighted by molar-refractivity contribution is 0.0734. The van der Waals surface area contributed by atoms with Gasteiger partial charge in [-0.2, -0.15) is 0 Å². The Kier molecular flexibility index (Phi) is 4.76. The SMILES string of the molecule is NS(=O)(=O)c1ccc(Br)c(C(=O)N2CCCC2c2ccccc2)c1. The molecule has 1 amide bonds. The fourth-order valence-electron chi connectivity index (χ4n) is 3.03. The average Bonchev–Trinajstić information content (AvgIpc) is 3.04. The first kappa shape index (κ1) is 17.1. The zero-order valence-corrected chi connectivity index (χ0v) is 15.3. The number of primary sulfonamides is 1. The molecule has 24 heavy (non-hydrogen) atoms. The molecule has 3 rings (SSSR count). The van der Waals surface area contributed by atoms with E-state index >= 15 is 0 Å². The summed E-state index contributed by atoms with van der Waals surface area (Å²) in [6.07, 6.45) is 1.81. The van der Waals surface area contributed by atoms with E-state index in [-0.39, 0.29) is 16.8 Å². The maximum atomic E-state index is 13.0. The molecule has 1 aliphatic heterocycles. The van der Waals surface area contributed by atoms with Crippen molar-refractivity contribution >= 4 is 31.9 Å². The summed E-state index contributed by atoms with van der Waals surface area (Å²) in [6.45, 7) is 0.643. The molecule has 1 aliphatic rings. The first-order valence-corrected chi connectivity index (χ1v) is 9.90. The largest absolute Gasteiger partial charge is 0.332 e. The third kappa shape index (κ3) is 3.38. The number of carbonyl (C=O) groups excluding carboxylic acids is 1. The second kappa shape index (κ2) is 6.66. The minimum atomic E-state index is -3.86. The molecule has 0 radical (unpaired) electrons. The lowest BCUT2D eigenvalue weighted by Gasteiger charge is -2.25. The molecule has 1 fully saturated rings. The van der Waals surface area contributed by atoms with Crippen molar-refractivity contribution in [2.75, 3.05) is 6.54 Å². The Morgan fingerprint density at radius 3 is 2.54 bits per heavy atom. The van der Waals surface area contributed by atoms with Gasteiger partial charge in [0.1, 0.15) is 0 Å². The number of nitrogens with two attached hydrogens (primary N) is 1. The van der Waals surface area contributed by atoms with Gasteiger partial charge in [0.15, 0.2) is 0 Å². The highest BCUT2D eigenvalue weighted by atomic mass is 79.9. The van der Waals surface area contributed by atoms with Crippen molar-refractivity contribution in [1.29, 1.82) is 0 Å². The van der Waals surface area contributed by atoms with Crippen molar-refractivity contribution in [3.8, 4) is 0 Å². The molecule has 1 heterocycles. The Bertz CT molecular complexity index is 869. The molecule has 0 bridgehead atoms. The molecule has 0 aromatic heterocycles. The molecular formula is C17H17BrN2O3S. The molecule has 5 nitrogen and oxygen atoms in total. The molecule has 1 saturated heterocycles. The fourth-order valence-corrected chi connectivity index (χ4v) is 3.99. The number of likely N-dealkylation sites (tertiary alicyclic amines) is 1. The van der Waals surface area contributed by atoms with Crippen LogP contribution in [0.25, 0.3) is 0 Å². The van der Waals surface area contributed by atoms with Crippen LogP contribution in [0.1, 0.15) is 34.8 Å². The summed E-state index contributed by atoms with van der Waals surface area (Å²) in [5.41, 5.74) is 1.39. The quantitative estimate of drug-likeness (QED) is 0.846. The van der Waals surface area contributed by atoms with Crippen LogP contribution in [0, 0.1) is 0 Å². The van der Waals surface area contributed by atoms with Crippen LogP contribution in [0.3, 0.4) is 0 Å². The minimum Gasteiger partial charge on any atom is -0.332 e. The highest BCUT2D eigenvalue weighted by molar-refractivity contribution is 9.10. The molecule has 0 aliphatic carbocycles. The van der Waals surface area contributed by atoms with E-state index in [9.17, 15) is 13.2 Å². The summed E-state index contributed by atoms with van der Waals surface area (Å²) >= 11 is 3.34. The van der Waals surface area contributed by atoms with Gasteiger partial charge in [0.25, 0.3) is 5.91 Å². The third-order valence-corrected chi connectivity index (χ3v) is 5.80. The van der Waals surface area contributed by atoms with Crippen molar-refractivity contribution in [3.63, 3.8) is 0 Å². The fraction of sp³-hybridized carbons (Fsp3) is 0.235. The van der Waals surface area contributed by atoms with Crippen LogP contribution < -0.4 is 5.14 Å². The van der Waals surface area contributed by atoms with E-state index in [2.05, 4.69) is 15.9 Å². The second-order valence-electron chi connectivity index (χ2n) is 5.75. The van der Waals surface area contributed by atoms with Gasteiger partial charge in [0.05, 0.1) is 16.5 Å². The Labute approximate surface area is 149 Å². The number of sulfonamides is 1. The van der Waals surface area contributed by atoms with Gasteiger partial charge in [0.2, 0.25) is 10.0 Å². The van der Waals surface area contributed by atoms with E-state index in [0.717, 1.165) is 18.4 Å². The third-order valence-electron chi connectivity index (χ3n) is 4.19. The van der Waals surface area contributed by atoms with Gasteiger partial charge in [-0.1, -0.05) is 30.3 Å². The number of hydrogen-bond acceptors (Lipinski definition) is 3. The number of benzene rings is 2. The van der Waals surface area contributed by atoms with Gasteiger partial charge >= 0.3 is 0 Å². The average molecular weight is 409 g/mol. The molecule has 1 atom stereocenters. The smallest absolute Gasteiger partial charge is 0.255 e. The van der Waals surface area contributed by atoms with Gasteiger partial charge in [-0.05, 0) is 52.5 Å². The maximum Gasteiger partial charge on any atom is 0.255 e. The Morgan fingerprint density at radius 1 is 1.17 bits per heavy atom. The van der Waals surface area contributed by atoms with Gasteiger partial charge < -0.3 is 4.90 Å². The van der Waals surface area contributed by atoms with Crippen LogP contribution >= 0.6 is 15.9 Å². The number of carbonyl (C=O) groups is 1. The summed E-state index contributed by atoms with van der Waals surface area (Å²) < 4.78 is 23.7. The van der Waals surface area contributed by atoms with Crippen LogP contribution in [0.15, 0.2) is 57.9 Å². The molecule has 1 unspecified atom stereocenters. The van der Waals surface area contributed by atoms with Gasteiger partial charge in [0, 0.05) is 11.0 Å². The lowest BCUT2D eigenvalue weighted by Crippen LogP contribution is -2.31. The second-order valence-corrected chi connectivity index (χ2v) is 8.17. The molecule has 2 aromatic rings. The van der Waals surface area contributed by atoms with Crippen LogP contribution in [-0.2, 0) is 10.0 Å². The van der Waals surface area contributed by atoms with E-state index in [1.807, 2.05) is 30.3 Å². The number of amides is 1. The highest BCUT2D eigenvalue weighted by Gasteiger charge is 2.31. The Morgan fingerprint density at radius 2 is 1.88 bits per heavy atom. The first-order chi connectivity index (χ1) is 11.4. The number of hydrogen-bond donors (Lipinski definition) is 1. The lowest BCUT2D eigenvalue weighted by atomic mass is 10.0. The van der Waals surface area contributed by atoms with Crippen molar-refractivity contribution in [2.45, 2.75) is 23.8 Å². The van der Waals surface area contributed by atoms with Crippen molar-refractivity contribution in [3.05, 3.63) is 64.1 Å². The van der Waals surface area contributed by atoms with Gasteiger partial charge in [-0.25, -0.2) is 13.6 Å². The predicted molar refractivity (Wildman–Crippen MR) is 95.0 cm³/mol. The van der Waals surface area contributed by atoms with Crippen LogP contribution in [0.2, 0.25) is 0 Å². The molecule has 2 aromatic carbocycles. The molecule has 2 N–H and O–H groups in total. The van der Waals surface area contributed by atoms with E-state index in [4.69, 9.17) is 5.14 Å². The van der Waals surface area contributed by atoms with Gasteiger partial charge in [-0.3, -0.25) is 4.79 Å². The monoisotopic (exact) mass is 408 g/mol. The van der Waals surface area contributed by atoms with Crippen molar-refractivity contribution < 1.29 is 13.2 Å². The summed E-state index contributed by atoms with van der Waals surface area (Å²) in [6, 6.07) is 14.1. The normalized spacial score (nSPS) is 17.9. The van der Waals surface area contributed by atoms with Crippen LogP contribution in [0.5, 0.6) is 0 Å². The maximum absolute atomic E-state index is 13.0. The summed E-state index contributed by atoms with van der Waals surface area (Å²) in [5.74, 6) is -0.196. The molecule has 0 saturated carbocycles. The van der Waals surface area contributed by atoms with Crippen molar-refractivity contribution in [2.24, 2.45) is 5.14 Å². The minimum absolute atomic E-state index is 0.00346. The molecule has 7 heteroatoms. The standard InChI is InChI=1S/C17H17BrN2O3S/c18-15-9-8-13(24(19,22)23)11-14(15)17(21)20-10-4-7-16(20)12-5-2-1-3-6-12/h1-3,5-6,8-9,11,16H,4,7,10H2,(H2,19,22,23). The molecule has 0 spiro atoms. The number of halogens is 1. The van der Waals surface area contributed by atoms with E-state index < -0.39 is 10.0 Å². The highest BCUT2D eigenvalue weighted by Crippen LogP contribution is 2.34. The van der Waals surface area contributed by atoms with Gasteiger partial charge in [-0.15, -0.1) is 0 Å². The molecular weight excluding hydrogens is 392 g/mol. The number of rotatable bonds is 3. The topological polar surface area (TPSA) is 80.5 Å². The van der Waals surface area contributed by atoms with E-state index in [1.165, 1.54) is 12.1 Å². The summed E-state index contributed by atoms with van der Waals surface area (Å²) in [4.78, 5) is 14.7. The molecule has 126 valence electrons. The zero-order valence-electron chi connectivity index (χ0n) is 12.9. The van der Waals surface area contributed by atoms with E-state index in [0.29, 0.717) is 16.6 Å². The Hall–Kier alpha value is -1.70. The van der Waals surface area contributed by atoms with Crippen molar-refractivity contribution in [1.82, 2.24) is 4.90 Å². The number of nitrogens with zero attached hydrogens (tertiary/aromatic N) is 1. The van der Waals surface area contributed by atoms with Crippen LogP contribution in [-0.4, -0.2) is 25.8 Å². The van der Waals surface area contributed by atoms with Crippen LogP contribution in [0.4, 0.5) is 0 Å².